The van der Waals surface area contributed by atoms with Crippen LogP contribution < -0.4 is 10.7 Å². The van der Waals surface area contributed by atoms with Crippen molar-refractivity contribution in [1.29, 1.82) is 0 Å². The molecule has 1 aromatic rings. The van der Waals surface area contributed by atoms with Crippen LogP contribution in [-0.2, 0) is 14.8 Å². The molecule has 1 saturated carbocycles. The highest BCUT2D eigenvalue weighted by Gasteiger charge is 2.52. The summed E-state index contributed by atoms with van der Waals surface area (Å²) in [6, 6.07) is 4.98. The van der Waals surface area contributed by atoms with Crippen LogP contribution in [0.2, 0.25) is 0 Å². The number of hydrazine groups is 1. The van der Waals surface area contributed by atoms with Gasteiger partial charge >= 0.3 is 6.03 Å². The van der Waals surface area contributed by atoms with Gasteiger partial charge in [-0.25, -0.2) is 13.2 Å². The molecule has 0 atom stereocenters. The van der Waals surface area contributed by atoms with E-state index in [4.69, 9.17) is 0 Å². The van der Waals surface area contributed by atoms with Crippen molar-refractivity contribution in [3.8, 4) is 0 Å². The van der Waals surface area contributed by atoms with Crippen LogP contribution in [0.25, 0.3) is 0 Å². The molecule has 10 heteroatoms. The van der Waals surface area contributed by atoms with E-state index in [2.05, 4.69) is 10.7 Å². The molecule has 0 unspecified atom stereocenters. The number of nitrogens with zero attached hydrogens (tertiary/aromatic N) is 2. The summed E-state index contributed by atoms with van der Waals surface area (Å²) in [5.74, 6) is -1.17. The molecule has 9 nitrogen and oxygen atoms in total. The third-order valence-electron chi connectivity index (χ3n) is 5.88. The lowest BCUT2D eigenvalue weighted by atomic mass is 9.82. The van der Waals surface area contributed by atoms with Gasteiger partial charge in [0.25, 0.3) is 11.8 Å². The number of sulfonamides is 1. The molecule has 156 valence electrons. The first kappa shape index (κ1) is 19.8. The van der Waals surface area contributed by atoms with Gasteiger partial charge in [0.2, 0.25) is 10.0 Å². The summed E-state index contributed by atoms with van der Waals surface area (Å²) in [4.78, 5) is 37.8. The average Bonchev–Trinajstić information content (AvgIpc) is 3.33. The van der Waals surface area contributed by atoms with Gasteiger partial charge in [0.15, 0.2) is 0 Å². The first-order valence-electron chi connectivity index (χ1n) is 9.91. The molecule has 4 rings (SSSR count). The zero-order valence-electron chi connectivity index (χ0n) is 16.0. The fourth-order valence-corrected chi connectivity index (χ4v) is 5.82. The fraction of sp³-hybridized carbons (Fsp3) is 0.526. The van der Waals surface area contributed by atoms with Crippen LogP contribution in [0.5, 0.6) is 0 Å². The van der Waals surface area contributed by atoms with Crippen LogP contribution in [0.4, 0.5) is 4.79 Å². The summed E-state index contributed by atoms with van der Waals surface area (Å²) in [5.41, 5.74) is 1.46. The molecule has 0 aromatic heterocycles. The number of urea groups is 1. The molecule has 1 aliphatic carbocycles. The van der Waals surface area contributed by atoms with E-state index < -0.39 is 33.4 Å². The van der Waals surface area contributed by atoms with Gasteiger partial charge in [-0.1, -0.05) is 25.3 Å². The maximum absolute atomic E-state index is 12.8. The molecule has 1 spiro atoms. The summed E-state index contributed by atoms with van der Waals surface area (Å²) in [5, 5.41) is 3.44. The van der Waals surface area contributed by atoms with Gasteiger partial charge in [-0.2, -0.15) is 9.31 Å². The van der Waals surface area contributed by atoms with Crippen molar-refractivity contribution < 1.29 is 22.8 Å². The van der Waals surface area contributed by atoms with Gasteiger partial charge in [0.1, 0.15) is 5.54 Å². The zero-order valence-corrected chi connectivity index (χ0v) is 16.8. The number of imide groups is 1. The summed E-state index contributed by atoms with van der Waals surface area (Å²) in [7, 11) is -3.67. The summed E-state index contributed by atoms with van der Waals surface area (Å²) in [6.07, 6.45) is 5.41. The molecule has 0 radical (unpaired) electrons. The smallest absolute Gasteiger partial charge is 0.322 e. The van der Waals surface area contributed by atoms with Crippen molar-refractivity contribution in [3.63, 3.8) is 0 Å². The van der Waals surface area contributed by atoms with Gasteiger partial charge in [-0.05, 0) is 43.9 Å². The monoisotopic (exact) mass is 420 g/mol. The molecule has 2 heterocycles. The lowest BCUT2D eigenvalue weighted by molar-refractivity contribution is -0.134. The van der Waals surface area contributed by atoms with Crippen molar-refractivity contribution >= 4 is 27.9 Å². The van der Waals surface area contributed by atoms with E-state index in [9.17, 15) is 22.8 Å². The van der Waals surface area contributed by atoms with E-state index in [-0.39, 0.29) is 10.5 Å². The SMILES string of the molecule is O=C(NN1C(=O)NC2(CCCCC2)C1=O)c1cccc(S(=O)(=O)N2CCCC2)c1. The number of benzene rings is 1. The third-order valence-corrected chi connectivity index (χ3v) is 7.78. The molecule has 0 bridgehead atoms. The van der Waals surface area contributed by atoms with E-state index >= 15 is 0 Å². The normalized spacial score (nSPS) is 22.1. The highest BCUT2D eigenvalue weighted by Crippen LogP contribution is 2.33. The van der Waals surface area contributed by atoms with Crippen LogP contribution in [-0.4, -0.2) is 54.2 Å². The number of amides is 4. The van der Waals surface area contributed by atoms with Crippen molar-refractivity contribution in [3.05, 3.63) is 29.8 Å². The lowest BCUT2D eigenvalue weighted by Crippen LogP contribution is -2.50. The number of carbonyl (C=O) groups excluding carboxylic acids is 3. The topological polar surface area (TPSA) is 116 Å². The fourth-order valence-electron chi connectivity index (χ4n) is 4.26. The number of nitrogens with one attached hydrogen (secondary N) is 2. The van der Waals surface area contributed by atoms with Gasteiger partial charge < -0.3 is 5.32 Å². The Morgan fingerprint density at radius 1 is 1.03 bits per heavy atom. The maximum atomic E-state index is 12.8. The van der Waals surface area contributed by atoms with E-state index in [1.54, 1.807) is 0 Å². The molecule has 3 aliphatic rings. The van der Waals surface area contributed by atoms with Gasteiger partial charge in [0, 0.05) is 18.7 Å². The minimum atomic E-state index is -3.67. The van der Waals surface area contributed by atoms with E-state index in [1.165, 1.54) is 28.6 Å². The Kier molecular flexibility index (Phi) is 5.07. The van der Waals surface area contributed by atoms with Crippen molar-refractivity contribution in [2.75, 3.05) is 13.1 Å². The average molecular weight is 420 g/mol. The van der Waals surface area contributed by atoms with Gasteiger partial charge in [-0.15, -0.1) is 0 Å². The number of carbonyl (C=O) groups is 3. The Morgan fingerprint density at radius 3 is 2.41 bits per heavy atom. The van der Waals surface area contributed by atoms with Gasteiger partial charge in [0.05, 0.1) is 4.90 Å². The van der Waals surface area contributed by atoms with Crippen LogP contribution in [0.15, 0.2) is 29.2 Å². The largest absolute Gasteiger partial charge is 0.344 e. The van der Waals surface area contributed by atoms with Crippen LogP contribution >= 0.6 is 0 Å². The van der Waals surface area contributed by atoms with E-state index in [0.29, 0.717) is 25.9 Å². The zero-order chi connectivity index (χ0) is 20.6. The summed E-state index contributed by atoms with van der Waals surface area (Å²) >= 11 is 0. The highest BCUT2D eigenvalue weighted by atomic mass is 32.2. The van der Waals surface area contributed by atoms with Gasteiger partial charge in [-0.3, -0.25) is 15.0 Å². The molecule has 2 aliphatic heterocycles. The molecular formula is C19H24N4O5S. The Balaban J connectivity index is 1.52. The molecular weight excluding hydrogens is 396 g/mol. The molecule has 1 aromatic carbocycles. The van der Waals surface area contributed by atoms with Crippen LogP contribution in [0.3, 0.4) is 0 Å². The molecule has 4 amide bonds. The van der Waals surface area contributed by atoms with Crippen LogP contribution in [0, 0.1) is 0 Å². The predicted octanol–water partition coefficient (Wildman–Crippen LogP) is 1.37. The van der Waals surface area contributed by atoms with Crippen molar-refractivity contribution in [2.24, 2.45) is 0 Å². The molecule has 2 N–H and O–H groups in total. The minimum Gasteiger partial charge on any atom is -0.322 e. The quantitative estimate of drug-likeness (QED) is 0.714. The Morgan fingerprint density at radius 2 is 1.72 bits per heavy atom. The highest BCUT2D eigenvalue weighted by molar-refractivity contribution is 7.89. The molecule has 29 heavy (non-hydrogen) atoms. The molecule has 3 fully saturated rings. The second kappa shape index (κ2) is 7.42. The number of hydrogen-bond donors (Lipinski definition) is 2. The standard InChI is InChI=1S/C19H24N4O5S/c24-16(21-23-17(25)19(20-18(23)26)9-2-1-3-10-19)14-7-6-8-15(13-14)29(27,28)22-11-4-5-12-22/h6-8,13H,1-5,9-12H2,(H,20,26)(H,21,24). The van der Waals surface area contributed by atoms with Crippen LogP contribution in [0.1, 0.15) is 55.3 Å². The van der Waals surface area contributed by atoms with Crippen molar-refractivity contribution in [1.82, 2.24) is 20.1 Å². The molecule has 2 saturated heterocycles. The number of rotatable bonds is 4. The summed E-state index contributed by atoms with van der Waals surface area (Å²) < 4.78 is 26.8. The predicted molar refractivity (Wildman–Crippen MR) is 103 cm³/mol. The van der Waals surface area contributed by atoms with E-state index in [1.807, 2.05) is 0 Å². The summed E-state index contributed by atoms with van der Waals surface area (Å²) in [6.45, 7) is 0.923. The van der Waals surface area contributed by atoms with E-state index in [0.717, 1.165) is 37.1 Å². The van der Waals surface area contributed by atoms with Crippen molar-refractivity contribution in [2.45, 2.75) is 55.4 Å². The third kappa shape index (κ3) is 3.51. The second-order valence-corrected chi connectivity index (χ2v) is 9.73. The Bertz CT molecular complexity index is 949. The first-order valence-corrected chi connectivity index (χ1v) is 11.4. The number of hydrogen-bond acceptors (Lipinski definition) is 5. The Labute approximate surface area is 169 Å². The lowest BCUT2D eigenvalue weighted by Gasteiger charge is -2.30. The Hall–Kier alpha value is -2.46. The minimum absolute atomic E-state index is 0.0213. The maximum Gasteiger partial charge on any atom is 0.344 e. The first-order chi connectivity index (χ1) is 13.8. The second-order valence-electron chi connectivity index (χ2n) is 7.79.